The Morgan fingerprint density at radius 2 is 1.94 bits per heavy atom. The van der Waals surface area contributed by atoms with Crippen LogP contribution >= 0.6 is 11.6 Å². The Bertz CT molecular complexity index is 485. The van der Waals surface area contributed by atoms with Crippen molar-refractivity contribution in [2.45, 2.75) is 6.17 Å². The average molecular weight is 231 g/mol. The van der Waals surface area contributed by atoms with Gasteiger partial charge in [-0.3, -0.25) is 0 Å². The van der Waals surface area contributed by atoms with E-state index in [1.54, 1.807) is 0 Å². The van der Waals surface area contributed by atoms with Crippen LogP contribution in [0, 0.1) is 0 Å². The summed E-state index contributed by atoms with van der Waals surface area (Å²) in [5, 5.41) is 4.20. The van der Waals surface area contributed by atoms with Gasteiger partial charge in [-0.25, -0.2) is 0 Å². The first-order valence-corrected chi connectivity index (χ1v) is 5.57. The van der Waals surface area contributed by atoms with Crippen molar-refractivity contribution in [1.29, 1.82) is 0 Å². The molecule has 0 saturated carbocycles. The summed E-state index contributed by atoms with van der Waals surface area (Å²) in [6.07, 6.45) is 10.6. The number of nitrogens with one attached hydrogen (secondary N) is 1. The largest absolute Gasteiger partial charge is 0.360 e. The molecule has 2 aliphatic rings. The molecule has 1 unspecified atom stereocenters. The number of rotatable bonds is 1. The maximum atomic E-state index is 5.87. The van der Waals surface area contributed by atoms with E-state index in [2.05, 4.69) is 28.7 Å². The standard InChI is InChI=1S/C13H11ClN2/c14-11-6-4-10(5-7-11)12-9-16-8-2-1-3-13(16)15-12/h1-9,13,15H. The zero-order valence-electron chi connectivity index (χ0n) is 8.60. The highest BCUT2D eigenvalue weighted by Crippen LogP contribution is 2.24. The van der Waals surface area contributed by atoms with Gasteiger partial charge in [0.2, 0.25) is 0 Å². The number of nitrogens with zero attached hydrogens (tertiary/aromatic N) is 1. The van der Waals surface area contributed by atoms with Crippen molar-refractivity contribution >= 4 is 17.3 Å². The summed E-state index contributed by atoms with van der Waals surface area (Å²) in [7, 11) is 0. The zero-order valence-corrected chi connectivity index (χ0v) is 9.35. The maximum absolute atomic E-state index is 5.87. The Hall–Kier alpha value is -1.67. The highest BCUT2D eigenvalue weighted by molar-refractivity contribution is 6.30. The number of hydrogen-bond acceptors (Lipinski definition) is 2. The lowest BCUT2D eigenvalue weighted by Gasteiger charge is -2.20. The van der Waals surface area contributed by atoms with Crippen molar-refractivity contribution in [3.63, 3.8) is 0 Å². The topological polar surface area (TPSA) is 15.3 Å². The summed E-state index contributed by atoms with van der Waals surface area (Å²) in [4.78, 5) is 2.14. The van der Waals surface area contributed by atoms with Gasteiger partial charge in [0, 0.05) is 17.4 Å². The van der Waals surface area contributed by atoms with Gasteiger partial charge in [-0.2, -0.15) is 0 Å². The molecule has 1 aromatic rings. The summed E-state index contributed by atoms with van der Waals surface area (Å²) < 4.78 is 0. The van der Waals surface area contributed by atoms with Crippen molar-refractivity contribution in [2.75, 3.05) is 0 Å². The first kappa shape index (κ1) is 9.55. The molecule has 0 fully saturated rings. The average Bonchev–Trinajstić information content (AvgIpc) is 2.73. The molecular weight excluding hydrogens is 220 g/mol. The van der Waals surface area contributed by atoms with Crippen molar-refractivity contribution < 1.29 is 0 Å². The molecule has 2 aliphatic heterocycles. The van der Waals surface area contributed by atoms with Gasteiger partial charge in [-0.15, -0.1) is 0 Å². The summed E-state index contributed by atoms with van der Waals surface area (Å²) in [5.74, 6) is 0. The van der Waals surface area contributed by atoms with E-state index in [0.717, 1.165) is 16.3 Å². The first-order valence-electron chi connectivity index (χ1n) is 5.20. The van der Waals surface area contributed by atoms with Crippen molar-refractivity contribution in [3.8, 4) is 0 Å². The molecule has 0 saturated heterocycles. The van der Waals surface area contributed by atoms with Gasteiger partial charge < -0.3 is 10.2 Å². The summed E-state index contributed by atoms with van der Waals surface area (Å²) in [6.45, 7) is 0. The van der Waals surface area contributed by atoms with E-state index in [0.29, 0.717) is 0 Å². The van der Waals surface area contributed by atoms with E-state index < -0.39 is 0 Å². The minimum atomic E-state index is 0.246. The summed E-state index contributed by atoms with van der Waals surface area (Å²) in [6, 6.07) is 7.85. The van der Waals surface area contributed by atoms with Crippen molar-refractivity contribution in [2.24, 2.45) is 0 Å². The lowest BCUT2D eigenvalue weighted by Crippen LogP contribution is -2.31. The molecular formula is C13H11ClN2. The third-order valence-corrected chi connectivity index (χ3v) is 2.97. The minimum absolute atomic E-state index is 0.246. The number of halogens is 1. The van der Waals surface area contributed by atoms with Crippen molar-refractivity contribution in [3.05, 3.63) is 65.5 Å². The molecule has 1 aromatic carbocycles. The second-order valence-corrected chi connectivity index (χ2v) is 4.25. The Balaban J connectivity index is 1.90. The van der Waals surface area contributed by atoms with Crippen LogP contribution in [-0.2, 0) is 0 Å². The van der Waals surface area contributed by atoms with E-state index in [1.807, 2.05) is 36.4 Å². The maximum Gasteiger partial charge on any atom is 0.122 e. The number of benzene rings is 1. The highest BCUT2D eigenvalue weighted by atomic mass is 35.5. The normalized spacial score (nSPS) is 21.7. The van der Waals surface area contributed by atoms with E-state index in [9.17, 15) is 0 Å². The van der Waals surface area contributed by atoms with Crippen LogP contribution in [0.3, 0.4) is 0 Å². The smallest absolute Gasteiger partial charge is 0.122 e. The molecule has 1 N–H and O–H groups in total. The van der Waals surface area contributed by atoms with Gasteiger partial charge in [0.25, 0.3) is 0 Å². The Labute approximate surface area is 99.5 Å². The fraction of sp³-hybridized carbons (Fsp3) is 0.0769. The second kappa shape index (κ2) is 3.72. The molecule has 3 rings (SSSR count). The van der Waals surface area contributed by atoms with Crippen LogP contribution in [0.4, 0.5) is 0 Å². The SMILES string of the molecule is Clc1ccc(C2=CN3C=CC=CC3N2)cc1. The van der Waals surface area contributed by atoms with Gasteiger partial charge in [0.05, 0.1) is 5.70 Å². The zero-order chi connectivity index (χ0) is 11.0. The molecule has 0 aromatic heterocycles. The van der Waals surface area contributed by atoms with Crippen molar-refractivity contribution in [1.82, 2.24) is 10.2 Å². The minimum Gasteiger partial charge on any atom is -0.360 e. The van der Waals surface area contributed by atoms with E-state index >= 15 is 0 Å². The molecule has 0 aliphatic carbocycles. The molecule has 0 radical (unpaired) electrons. The van der Waals surface area contributed by atoms with Gasteiger partial charge in [-0.05, 0) is 29.8 Å². The molecule has 0 bridgehead atoms. The molecule has 2 heterocycles. The van der Waals surface area contributed by atoms with Crippen LogP contribution in [0.25, 0.3) is 5.70 Å². The van der Waals surface area contributed by atoms with Crippen LogP contribution in [0.2, 0.25) is 5.02 Å². The molecule has 2 nitrogen and oxygen atoms in total. The van der Waals surface area contributed by atoms with Gasteiger partial charge in [0.15, 0.2) is 0 Å². The van der Waals surface area contributed by atoms with E-state index in [4.69, 9.17) is 11.6 Å². The molecule has 0 spiro atoms. The van der Waals surface area contributed by atoms with Gasteiger partial charge in [-0.1, -0.05) is 29.8 Å². The number of fused-ring (bicyclic) bond motifs is 1. The fourth-order valence-electron chi connectivity index (χ4n) is 1.89. The number of hydrogen-bond donors (Lipinski definition) is 1. The Kier molecular flexibility index (Phi) is 2.22. The lowest BCUT2D eigenvalue weighted by atomic mass is 10.2. The second-order valence-electron chi connectivity index (χ2n) is 3.81. The third-order valence-electron chi connectivity index (χ3n) is 2.72. The van der Waals surface area contributed by atoms with Crippen LogP contribution in [0.5, 0.6) is 0 Å². The lowest BCUT2D eigenvalue weighted by molar-refractivity contribution is 0.427. The monoisotopic (exact) mass is 230 g/mol. The molecule has 0 amide bonds. The summed E-state index contributed by atoms with van der Waals surface area (Å²) >= 11 is 5.87. The number of allylic oxidation sites excluding steroid dienone is 2. The van der Waals surface area contributed by atoms with Gasteiger partial charge >= 0.3 is 0 Å². The Morgan fingerprint density at radius 3 is 2.69 bits per heavy atom. The predicted molar refractivity (Wildman–Crippen MR) is 66.5 cm³/mol. The van der Waals surface area contributed by atoms with Gasteiger partial charge in [0.1, 0.15) is 6.17 Å². The van der Waals surface area contributed by atoms with E-state index in [-0.39, 0.29) is 6.17 Å². The van der Waals surface area contributed by atoms with Crippen LogP contribution in [0.15, 0.2) is 54.9 Å². The third kappa shape index (κ3) is 1.61. The highest BCUT2D eigenvalue weighted by Gasteiger charge is 2.21. The fourth-order valence-corrected chi connectivity index (χ4v) is 2.02. The molecule has 3 heteroatoms. The summed E-state index contributed by atoms with van der Waals surface area (Å²) in [5.41, 5.74) is 2.28. The van der Waals surface area contributed by atoms with Crippen LogP contribution in [0.1, 0.15) is 5.56 Å². The molecule has 80 valence electrons. The van der Waals surface area contributed by atoms with Crippen LogP contribution in [-0.4, -0.2) is 11.1 Å². The quantitative estimate of drug-likeness (QED) is 0.798. The predicted octanol–water partition coefficient (Wildman–Crippen LogP) is 2.95. The molecule has 1 atom stereocenters. The van der Waals surface area contributed by atoms with Crippen LogP contribution < -0.4 is 5.32 Å². The first-order chi connectivity index (χ1) is 7.83. The molecule has 16 heavy (non-hydrogen) atoms. The van der Waals surface area contributed by atoms with E-state index in [1.165, 1.54) is 0 Å². The Morgan fingerprint density at radius 1 is 1.12 bits per heavy atom.